The second kappa shape index (κ2) is 7.15. The molecule has 0 fully saturated rings. The molecule has 0 amide bonds. The number of hydrogen-bond acceptors (Lipinski definition) is 0. The summed E-state index contributed by atoms with van der Waals surface area (Å²) < 4.78 is 15.7. The number of benzene rings is 4. The van der Waals surface area contributed by atoms with Crippen molar-refractivity contribution in [2.45, 2.75) is 0 Å². The fourth-order valence-electron chi connectivity index (χ4n) is 3.13. The minimum atomic E-state index is -0.314. The van der Waals surface area contributed by atoms with Crippen LogP contribution in [-0.2, 0) is 0 Å². The first-order chi connectivity index (χ1) is 12.8. The van der Waals surface area contributed by atoms with E-state index in [1.54, 1.807) is 0 Å². The fourth-order valence-corrected chi connectivity index (χ4v) is 3.43. The first kappa shape index (κ1) is 16.6. The Hall–Kier alpha value is -2.90. The van der Waals surface area contributed by atoms with Crippen LogP contribution in [-0.4, -0.2) is 0 Å². The van der Waals surface area contributed by atoms with Crippen LogP contribution in [0, 0.1) is 11.9 Å². The van der Waals surface area contributed by atoms with Crippen LogP contribution in [0.2, 0.25) is 5.02 Å². The van der Waals surface area contributed by atoms with Crippen LogP contribution in [0.1, 0.15) is 0 Å². The van der Waals surface area contributed by atoms with Crippen molar-refractivity contribution in [3.63, 3.8) is 0 Å². The molecule has 0 unspecified atom stereocenters. The zero-order valence-electron chi connectivity index (χ0n) is 13.9. The molecule has 1 radical (unpaired) electrons. The van der Waals surface area contributed by atoms with E-state index in [9.17, 15) is 0 Å². The van der Waals surface area contributed by atoms with Gasteiger partial charge in [0.05, 0.1) is 5.02 Å². The van der Waals surface area contributed by atoms with E-state index in [1.807, 2.05) is 91.0 Å². The summed E-state index contributed by atoms with van der Waals surface area (Å²) in [6.07, 6.45) is 0. The molecule has 2 heteroatoms. The molecule has 4 rings (SSSR count). The molecule has 4 aromatic carbocycles. The molecule has 0 saturated carbocycles. The zero-order valence-corrected chi connectivity index (χ0v) is 14.7. The largest absolute Gasteiger partial charge is 0.206 e. The zero-order chi connectivity index (χ0) is 17.9. The minimum absolute atomic E-state index is 0.314. The van der Waals surface area contributed by atoms with Crippen LogP contribution < -0.4 is 0 Å². The van der Waals surface area contributed by atoms with Gasteiger partial charge in [-0.3, -0.25) is 0 Å². The van der Waals surface area contributed by atoms with Crippen molar-refractivity contribution in [1.82, 2.24) is 0 Å². The molecule has 0 spiro atoms. The quantitative estimate of drug-likeness (QED) is 0.361. The molecule has 0 aliphatic heterocycles. The molecule has 0 aliphatic carbocycles. The van der Waals surface area contributed by atoms with Crippen molar-refractivity contribution in [3.05, 3.63) is 108 Å². The van der Waals surface area contributed by atoms with E-state index in [4.69, 9.17) is 11.6 Å². The van der Waals surface area contributed by atoms with Crippen LogP contribution in [0.3, 0.4) is 0 Å². The van der Waals surface area contributed by atoms with Gasteiger partial charge in [0.1, 0.15) is 5.82 Å². The summed E-state index contributed by atoms with van der Waals surface area (Å²) in [6.45, 7) is 0. The Morgan fingerprint density at radius 1 is 0.577 bits per heavy atom. The Kier molecular flexibility index (Phi) is 4.55. The minimum Gasteiger partial charge on any atom is -0.206 e. The van der Waals surface area contributed by atoms with E-state index in [0.717, 1.165) is 16.7 Å². The van der Waals surface area contributed by atoms with E-state index >= 15 is 4.39 Å². The third-order valence-electron chi connectivity index (χ3n) is 4.33. The van der Waals surface area contributed by atoms with Gasteiger partial charge in [-0.05, 0) is 16.7 Å². The Morgan fingerprint density at radius 2 is 1.00 bits per heavy atom. The second-order valence-corrected chi connectivity index (χ2v) is 6.35. The van der Waals surface area contributed by atoms with Crippen molar-refractivity contribution < 1.29 is 4.39 Å². The van der Waals surface area contributed by atoms with Gasteiger partial charge in [0.25, 0.3) is 0 Å². The Balaban J connectivity index is 2.06. The van der Waals surface area contributed by atoms with Crippen LogP contribution in [0.15, 0.2) is 91.0 Å². The van der Waals surface area contributed by atoms with E-state index in [-0.39, 0.29) is 5.82 Å². The van der Waals surface area contributed by atoms with Crippen LogP contribution in [0.25, 0.3) is 33.4 Å². The first-order valence-electron chi connectivity index (χ1n) is 8.36. The Bertz CT molecular complexity index is 1030. The smallest absolute Gasteiger partial charge is 0.140 e. The molecule has 0 atom stereocenters. The lowest BCUT2D eigenvalue weighted by molar-refractivity contribution is 0.635. The standard InChI is InChI=1S/C24H15ClF/c25-21-16-20(17-10-4-1-5-11-17)24(26)23(19-14-8-3-9-15-19)22(21)18-12-6-2-7-13-18/h1-15H. The van der Waals surface area contributed by atoms with Gasteiger partial charge in [-0.15, -0.1) is 0 Å². The molecule has 4 aromatic rings. The Morgan fingerprint density at radius 3 is 1.50 bits per heavy atom. The molecule has 0 saturated heterocycles. The lowest BCUT2D eigenvalue weighted by Gasteiger charge is -2.16. The molecule has 0 N–H and O–H groups in total. The Labute approximate surface area is 157 Å². The van der Waals surface area contributed by atoms with Gasteiger partial charge in [-0.2, -0.15) is 0 Å². The normalized spacial score (nSPS) is 10.7. The van der Waals surface area contributed by atoms with Crippen molar-refractivity contribution in [2.24, 2.45) is 0 Å². The molecule has 0 bridgehead atoms. The number of halogens is 2. The van der Waals surface area contributed by atoms with Gasteiger partial charge in [-0.1, -0.05) is 103 Å². The van der Waals surface area contributed by atoms with Crippen molar-refractivity contribution in [1.29, 1.82) is 0 Å². The maximum absolute atomic E-state index is 15.7. The topological polar surface area (TPSA) is 0 Å². The summed E-state index contributed by atoms with van der Waals surface area (Å²) in [7, 11) is 0. The van der Waals surface area contributed by atoms with Crippen LogP contribution in [0.4, 0.5) is 4.39 Å². The molecule has 0 aliphatic rings. The third-order valence-corrected chi connectivity index (χ3v) is 4.61. The van der Waals surface area contributed by atoms with Crippen molar-refractivity contribution in [3.8, 4) is 33.4 Å². The van der Waals surface area contributed by atoms with Crippen molar-refractivity contribution >= 4 is 11.6 Å². The van der Waals surface area contributed by atoms with E-state index < -0.39 is 0 Å². The maximum atomic E-state index is 15.7. The summed E-state index contributed by atoms with van der Waals surface area (Å²) in [5.41, 5.74) is 3.95. The monoisotopic (exact) mass is 357 g/mol. The van der Waals surface area contributed by atoms with Crippen LogP contribution >= 0.6 is 11.6 Å². The summed E-state index contributed by atoms with van der Waals surface area (Å²) in [4.78, 5) is 0. The molecule has 0 aromatic heterocycles. The van der Waals surface area contributed by atoms with Gasteiger partial charge in [0, 0.05) is 22.8 Å². The van der Waals surface area contributed by atoms with Crippen molar-refractivity contribution in [2.75, 3.05) is 0 Å². The highest BCUT2D eigenvalue weighted by Gasteiger charge is 2.21. The highest BCUT2D eigenvalue weighted by molar-refractivity contribution is 6.34. The van der Waals surface area contributed by atoms with Gasteiger partial charge < -0.3 is 0 Å². The summed E-state index contributed by atoms with van der Waals surface area (Å²) in [5, 5.41) is 0.412. The summed E-state index contributed by atoms with van der Waals surface area (Å²) >= 11 is 6.62. The van der Waals surface area contributed by atoms with Gasteiger partial charge in [0.15, 0.2) is 0 Å². The number of hydrogen-bond donors (Lipinski definition) is 0. The molecular formula is C24H15ClF. The van der Waals surface area contributed by atoms with E-state index in [1.165, 1.54) is 0 Å². The fraction of sp³-hybridized carbons (Fsp3) is 0. The predicted molar refractivity (Wildman–Crippen MR) is 107 cm³/mol. The highest BCUT2D eigenvalue weighted by Crippen LogP contribution is 2.43. The number of rotatable bonds is 3. The van der Waals surface area contributed by atoms with Gasteiger partial charge in [0.2, 0.25) is 0 Å². The van der Waals surface area contributed by atoms with E-state index in [0.29, 0.717) is 21.7 Å². The van der Waals surface area contributed by atoms with Crippen LogP contribution in [0.5, 0.6) is 0 Å². The molecular weight excluding hydrogens is 343 g/mol. The maximum Gasteiger partial charge on any atom is 0.140 e. The lowest BCUT2D eigenvalue weighted by atomic mass is 9.90. The second-order valence-electron chi connectivity index (χ2n) is 5.98. The van der Waals surface area contributed by atoms with Gasteiger partial charge in [-0.25, -0.2) is 4.39 Å². The molecule has 125 valence electrons. The molecule has 0 heterocycles. The highest BCUT2D eigenvalue weighted by atomic mass is 35.5. The predicted octanol–water partition coefficient (Wildman–Crippen LogP) is 7.28. The molecule has 26 heavy (non-hydrogen) atoms. The lowest BCUT2D eigenvalue weighted by Crippen LogP contribution is -1.96. The first-order valence-corrected chi connectivity index (χ1v) is 8.74. The summed E-state index contributed by atoms with van der Waals surface area (Å²) in [6, 6.07) is 31.6. The molecule has 0 nitrogen and oxygen atoms in total. The third kappa shape index (κ3) is 3.02. The summed E-state index contributed by atoms with van der Waals surface area (Å²) in [5.74, 6) is -0.314. The average molecular weight is 358 g/mol. The van der Waals surface area contributed by atoms with Gasteiger partial charge >= 0.3 is 0 Å². The SMILES string of the molecule is Fc1c(-c2ccccc2)[c]c(Cl)c(-c2ccccc2)c1-c1ccccc1. The van der Waals surface area contributed by atoms with E-state index in [2.05, 4.69) is 6.07 Å². The average Bonchev–Trinajstić information content (AvgIpc) is 2.71.